The van der Waals surface area contributed by atoms with E-state index < -0.39 is 29.6 Å². The van der Waals surface area contributed by atoms with Crippen LogP contribution in [0.3, 0.4) is 0 Å². The lowest BCUT2D eigenvalue weighted by molar-refractivity contribution is -0.147. The van der Waals surface area contributed by atoms with Crippen LogP contribution in [0.15, 0.2) is 72.8 Å². The molecule has 3 atom stereocenters. The van der Waals surface area contributed by atoms with Crippen molar-refractivity contribution in [3.05, 3.63) is 95.6 Å². The second-order valence-electron chi connectivity index (χ2n) is 8.05. The average Bonchev–Trinajstić information content (AvgIpc) is 2.79. The number of rotatable bonds is 7. The summed E-state index contributed by atoms with van der Waals surface area (Å²) < 4.78 is 32.2. The molecule has 0 bridgehead atoms. The van der Waals surface area contributed by atoms with Gasteiger partial charge in [0.05, 0.1) is 12.0 Å². The first-order valence-electron chi connectivity index (χ1n) is 10.6. The summed E-state index contributed by atoms with van der Waals surface area (Å²) in [5.74, 6) is -1.67. The predicted octanol–water partition coefficient (Wildman–Crippen LogP) is 5.46. The number of β-lactam (4-membered cyclic amide) rings is 1. The lowest BCUT2D eigenvalue weighted by atomic mass is 9.78. The van der Waals surface area contributed by atoms with Gasteiger partial charge >= 0.3 is 5.97 Å². The molecule has 1 saturated heterocycles. The minimum atomic E-state index is -0.615. The minimum absolute atomic E-state index is 0.112. The Morgan fingerprint density at radius 1 is 0.970 bits per heavy atom. The lowest BCUT2D eigenvalue weighted by Gasteiger charge is -2.48. The molecule has 7 heteroatoms. The maximum atomic E-state index is 13.4. The van der Waals surface area contributed by atoms with Gasteiger partial charge in [-0.05, 0) is 72.5 Å². The van der Waals surface area contributed by atoms with Crippen molar-refractivity contribution in [1.29, 1.82) is 0 Å². The number of nitrogens with zero attached hydrogens (tertiary/aromatic N) is 1. The van der Waals surface area contributed by atoms with Crippen molar-refractivity contribution < 1.29 is 28.2 Å². The van der Waals surface area contributed by atoms with Gasteiger partial charge in [-0.2, -0.15) is 0 Å². The number of aromatic hydroxyl groups is 1. The Morgan fingerprint density at radius 3 is 2.12 bits per heavy atom. The van der Waals surface area contributed by atoms with Gasteiger partial charge in [0, 0.05) is 12.6 Å². The summed E-state index contributed by atoms with van der Waals surface area (Å²) in [6, 6.07) is 17.7. The summed E-state index contributed by atoms with van der Waals surface area (Å²) in [5, 5.41) is 9.67. The van der Waals surface area contributed by atoms with Crippen LogP contribution in [-0.4, -0.2) is 17.0 Å². The fourth-order valence-corrected chi connectivity index (χ4v) is 4.27. The Bertz CT molecular complexity index is 1130. The fraction of sp³-hybridized carbons (Fsp3) is 0.231. The molecule has 33 heavy (non-hydrogen) atoms. The molecule has 3 aromatic rings. The zero-order valence-electron chi connectivity index (χ0n) is 17.9. The molecule has 4 rings (SSSR count). The SMILES string of the molecule is CC(=O)O[C@H](CC[C@H]1C(=O)N(c2ccc(F)cc2)[C@@H]1c1ccc(O)cc1)c1ccc(F)cc1. The Labute approximate surface area is 190 Å². The van der Waals surface area contributed by atoms with Gasteiger partial charge in [-0.3, -0.25) is 9.59 Å². The number of esters is 1. The highest BCUT2D eigenvalue weighted by molar-refractivity contribution is 6.03. The first-order valence-corrected chi connectivity index (χ1v) is 10.6. The number of carbonyl (C=O) groups excluding carboxylic acids is 2. The van der Waals surface area contributed by atoms with Crippen LogP contribution in [-0.2, 0) is 14.3 Å². The van der Waals surface area contributed by atoms with E-state index >= 15 is 0 Å². The molecule has 0 spiro atoms. The summed E-state index contributed by atoms with van der Waals surface area (Å²) in [6.45, 7) is 1.31. The van der Waals surface area contributed by atoms with Gasteiger partial charge in [-0.15, -0.1) is 0 Å². The number of amides is 1. The molecule has 1 aliphatic rings. The Kier molecular flexibility index (Phi) is 6.40. The summed E-state index contributed by atoms with van der Waals surface area (Å²) in [7, 11) is 0. The van der Waals surface area contributed by atoms with E-state index in [9.17, 15) is 23.5 Å². The van der Waals surface area contributed by atoms with E-state index in [0.29, 0.717) is 24.1 Å². The molecule has 1 fully saturated rings. The molecule has 3 aromatic carbocycles. The maximum absolute atomic E-state index is 13.4. The first kappa shape index (κ1) is 22.5. The second kappa shape index (κ2) is 9.40. The first-order chi connectivity index (χ1) is 15.8. The molecule has 1 amide bonds. The molecule has 1 aliphatic heterocycles. The van der Waals surface area contributed by atoms with E-state index in [1.807, 2.05) is 0 Å². The maximum Gasteiger partial charge on any atom is 0.303 e. The number of hydrogen-bond donors (Lipinski definition) is 1. The van der Waals surface area contributed by atoms with Crippen LogP contribution in [0.25, 0.3) is 0 Å². The summed E-state index contributed by atoms with van der Waals surface area (Å²) in [4.78, 5) is 26.4. The minimum Gasteiger partial charge on any atom is -0.508 e. The normalized spacial score (nSPS) is 18.5. The van der Waals surface area contributed by atoms with E-state index in [1.165, 1.54) is 31.2 Å². The van der Waals surface area contributed by atoms with Crippen LogP contribution in [0.2, 0.25) is 0 Å². The zero-order chi connectivity index (χ0) is 23.5. The third kappa shape index (κ3) is 4.87. The van der Waals surface area contributed by atoms with Crippen LogP contribution >= 0.6 is 0 Å². The van der Waals surface area contributed by atoms with Gasteiger partial charge in [0.25, 0.3) is 0 Å². The molecule has 0 aliphatic carbocycles. The van der Waals surface area contributed by atoms with E-state index in [-0.39, 0.29) is 17.7 Å². The number of phenolic OH excluding ortho intramolecular Hbond substituents is 1. The Balaban J connectivity index is 1.58. The number of anilines is 1. The molecule has 0 radical (unpaired) electrons. The highest BCUT2D eigenvalue weighted by Crippen LogP contribution is 2.46. The smallest absolute Gasteiger partial charge is 0.303 e. The highest BCUT2D eigenvalue weighted by Gasteiger charge is 2.48. The van der Waals surface area contributed by atoms with Crippen molar-refractivity contribution in [2.24, 2.45) is 5.92 Å². The van der Waals surface area contributed by atoms with Crippen molar-refractivity contribution in [1.82, 2.24) is 0 Å². The fourth-order valence-electron chi connectivity index (χ4n) is 4.27. The third-order valence-electron chi connectivity index (χ3n) is 5.84. The highest BCUT2D eigenvalue weighted by atomic mass is 19.1. The standard InChI is InChI=1S/C26H23F2NO4/c1-16(30)33-24(17-2-6-19(27)7-3-17)15-14-23-25(18-4-12-22(31)13-5-18)29(26(23)32)21-10-8-20(28)9-11-21/h2-13,23-25,31H,14-15H2,1H3/t23-,24-,25-/m1/s1. The number of phenols is 1. The second-order valence-corrected chi connectivity index (χ2v) is 8.05. The average molecular weight is 451 g/mol. The van der Waals surface area contributed by atoms with Gasteiger partial charge < -0.3 is 14.7 Å². The van der Waals surface area contributed by atoms with E-state index in [1.54, 1.807) is 53.4 Å². The zero-order valence-corrected chi connectivity index (χ0v) is 17.9. The van der Waals surface area contributed by atoms with Crippen molar-refractivity contribution in [3.8, 4) is 5.75 Å². The van der Waals surface area contributed by atoms with Crippen LogP contribution in [0.1, 0.15) is 43.0 Å². The van der Waals surface area contributed by atoms with Crippen molar-refractivity contribution in [2.45, 2.75) is 31.9 Å². The molecule has 1 heterocycles. The van der Waals surface area contributed by atoms with Crippen LogP contribution in [0.5, 0.6) is 5.75 Å². The van der Waals surface area contributed by atoms with Crippen molar-refractivity contribution >= 4 is 17.6 Å². The van der Waals surface area contributed by atoms with Crippen LogP contribution < -0.4 is 4.90 Å². The Morgan fingerprint density at radius 2 is 1.55 bits per heavy atom. The molecule has 5 nitrogen and oxygen atoms in total. The predicted molar refractivity (Wildman–Crippen MR) is 118 cm³/mol. The van der Waals surface area contributed by atoms with Crippen LogP contribution in [0, 0.1) is 17.6 Å². The van der Waals surface area contributed by atoms with Crippen molar-refractivity contribution in [3.63, 3.8) is 0 Å². The van der Waals surface area contributed by atoms with Gasteiger partial charge in [0.15, 0.2) is 0 Å². The molecule has 0 saturated carbocycles. The monoisotopic (exact) mass is 451 g/mol. The summed E-state index contributed by atoms with van der Waals surface area (Å²) in [6.07, 6.45) is 0.168. The molecular weight excluding hydrogens is 428 g/mol. The number of ether oxygens (including phenoxy) is 1. The van der Waals surface area contributed by atoms with Gasteiger partial charge in [0.2, 0.25) is 5.91 Å². The van der Waals surface area contributed by atoms with Gasteiger partial charge in [-0.1, -0.05) is 24.3 Å². The van der Waals surface area contributed by atoms with Gasteiger partial charge in [0.1, 0.15) is 23.5 Å². The molecule has 170 valence electrons. The number of benzene rings is 3. The van der Waals surface area contributed by atoms with Crippen molar-refractivity contribution in [2.75, 3.05) is 4.90 Å². The third-order valence-corrected chi connectivity index (χ3v) is 5.84. The molecule has 1 N–H and O–H groups in total. The lowest BCUT2D eigenvalue weighted by Crippen LogP contribution is -2.55. The summed E-state index contributed by atoms with van der Waals surface area (Å²) >= 11 is 0. The number of hydrogen-bond acceptors (Lipinski definition) is 4. The molecule has 0 aromatic heterocycles. The topological polar surface area (TPSA) is 66.8 Å². The summed E-state index contributed by atoms with van der Waals surface area (Å²) in [5.41, 5.74) is 2.05. The number of halogens is 2. The van der Waals surface area contributed by atoms with E-state index in [2.05, 4.69) is 0 Å². The van der Waals surface area contributed by atoms with E-state index in [0.717, 1.165) is 5.56 Å². The van der Waals surface area contributed by atoms with E-state index in [4.69, 9.17) is 4.74 Å². The molecule has 0 unspecified atom stereocenters. The Hall–Kier alpha value is -3.74. The van der Waals surface area contributed by atoms with Gasteiger partial charge in [-0.25, -0.2) is 8.78 Å². The number of carbonyl (C=O) groups is 2. The quantitative estimate of drug-likeness (QED) is 0.383. The molecular formula is C26H23F2NO4. The largest absolute Gasteiger partial charge is 0.508 e. The van der Waals surface area contributed by atoms with Crippen LogP contribution in [0.4, 0.5) is 14.5 Å².